The van der Waals surface area contributed by atoms with Gasteiger partial charge in [-0.2, -0.15) is 0 Å². The molecule has 52 heavy (non-hydrogen) atoms. The van der Waals surface area contributed by atoms with E-state index < -0.39 is 0 Å². The van der Waals surface area contributed by atoms with Crippen molar-refractivity contribution >= 4 is 60.7 Å². The second kappa shape index (κ2) is 12.4. The fraction of sp³-hybridized carbons (Fsp3) is 0. The van der Waals surface area contributed by atoms with E-state index in [1.54, 1.807) is 6.20 Å². The molecule has 0 bridgehead atoms. The molecule has 0 radical (unpaired) electrons. The lowest BCUT2D eigenvalue weighted by atomic mass is 9.90. The van der Waals surface area contributed by atoms with E-state index in [-0.39, 0.29) is 0 Å². The summed E-state index contributed by atoms with van der Waals surface area (Å²) in [6.45, 7) is 0. The van der Waals surface area contributed by atoms with Crippen LogP contribution in [-0.2, 0) is 0 Å². The maximum Gasteiger partial charge on any atom is 0.227 e. The Hall–Kier alpha value is -6.97. The van der Waals surface area contributed by atoms with Gasteiger partial charge in [0.2, 0.25) is 5.71 Å². The number of nitrogens with zero attached hydrogens (tertiary/aromatic N) is 2. The molecule has 244 valence electrons. The fourth-order valence-electron chi connectivity index (χ4n) is 7.64. The summed E-state index contributed by atoms with van der Waals surface area (Å²) in [4.78, 5) is 6.90. The van der Waals surface area contributed by atoms with E-state index in [0.717, 1.165) is 49.8 Å². The minimum Gasteiger partial charge on any atom is -0.437 e. The Balaban J connectivity index is 1.24. The largest absolute Gasteiger partial charge is 0.437 e. The molecule has 0 spiro atoms. The van der Waals surface area contributed by atoms with Crippen molar-refractivity contribution in [3.63, 3.8) is 0 Å². The molecule has 0 saturated heterocycles. The quantitative estimate of drug-likeness (QED) is 0.177. The van der Waals surface area contributed by atoms with Crippen LogP contribution in [0.2, 0.25) is 0 Å². The van der Waals surface area contributed by atoms with Crippen molar-refractivity contribution in [2.75, 3.05) is 4.90 Å². The summed E-state index contributed by atoms with van der Waals surface area (Å²) >= 11 is 0. The average molecular weight is 665 g/mol. The van der Waals surface area contributed by atoms with Crippen LogP contribution in [0.25, 0.3) is 77.0 Å². The number of hydrogen-bond acceptors (Lipinski definition) is 3. The summed E-state index contributed by atoms with van der Waals surface area (Å²) in [5.41, 5.74) is 11.7. The molecule has 2 aromatic heterocycles. The lowest BCUT2D eigenvalue weighted by Crippen LogP contribution is -2.10. The molecule has 0 aliphatic heterocycles. The second-order valence-electron chi connectivity index (χ2n) is 13.2. The van der Waals surface area contributed by atoms with E-state index in [2.05, 4.69) is 192 Å². The van der Waals surface area contributed by atoms with E-state index in [4.69, 9.17) is 4.42 Å². The number of rotatable bonds is 6. The van der Waals surface area contributed by atoms with Gasteiger partial charge in [0.1, 0.15) is 5.58 Å². The van der Waals surface area contributed by atoms with Crippen LogP contribution in [0.3, 0.4) is 0 Å². The summed E-state index contributed by atoms with van der Waals surface area (Å²) in [5.74, 6) is 0. The van der Waals surface area contributed by atoms with Gasteiger partial charge in [-0.3, -0.25) is 0 Å². The molecule has 0 aliphatic rings. The molecule has 10 rings (SSSR count). The van der Waals surface area contributed by atoms with Gasteiger partial charge in [-0.25, -0.2) is 4.98 Å². The fourth-order valence-corrected chi connectivity index (χ4v) is 7.64. The zero-order chi connectivity index (χ0) is 34.4. The Morgan fingerprint density at radius 3 is 1.90 bits per heavy atom. The van der Waals surface area contributed by atoms with E-state index in [1.807, 2.05) is 6.07 Å². The van der Waals surface area contributed by atoms with Crippen LogP contribution in [0.4, 0.5) is 17.1 Å². The van der Waals surface area contributed by atoms with Gasteiger partial charge in [0.05, 0.1) is 0 Å². The molecule has 3 heteroatoms. The normalized spacial score (nSPS) is 11.5. The van der Waals surface area contributed by atoms with Crippen LogP contribution in [0, 0.1) is 0 Å². The van der Waals surface area contributed by atoms with E-state index in [1.165, 1.54) is 38.6 Å². The Morgan fingerprint density at radius 1 is 0.365 bits per heavy atom. The number of benzene rings is 8. The highest BCUT2D eigenvalue weighted by atomic mass is 16.3. The van der Waals surface area contributed by atoms with Crippen molar-refractivity contribution in [3.8, 4) is 33.4 Å². The Labute approximate surface area is 301 Å². The zero-order valence-electron chi connectivity index (χ0n) is 28.3. The molecule has 0 saturated carbocycles. The number of fused-ring (bicyclic) bond motifs is 6. The topological polar surface area (TPSA) is 29.3 Å². The number of aromatic nitrogens is 1. The third kappa shape index (κ3) is 5.10. The minimum atomic E-state index is 0.652. The van der Waals surface area contributed by atoms with Crippen LogP contribution >= 0.6 is 0 Å². The maximum atomic E-state index is 6.44. The molecular weight excluding hydrogens is 633 g/mol. The lowest BCUT2D eigenvalue weighted by Gasteiger charge is -2.28. The molecule has 2 heterocycles. The van der Waals surface area contributed by atoms with Gasteiger partial charge in [-0.15, -0.1) is 0 Å². The smallest absolute Gasteiger partial charge is 0.227 e. The molecular formula is C49H32N2O. The van der Waals surface area contributed by atoms with Crippen LogP contribution < -0.4 is 4.90 Å². The van der Waals surface area contributed by atoms with Crippen molar-refractivity contribution in [3.05, 3.63) is 194 Å². The average Bonchev–Trinajstić information content (AvgIpc) is 3.61. The van der Waals surface area contributed by atoms with Crippen LogP contribution in [-0.4, -0.2) is 4.98 Å². The SMILES string of the molecule is c1ccc(-c2cccc(N(c3ccc(-c4ccccc4)c(-c4cccc5ccccc45)c3)c3ccc4ccc5c6cccnc6oc5c4c3)c2)cc1. The molecule has 0 N–H and O–H groups in total. The van der Waals surface area contributed by atoms with Crippen molar-refractivity contribution in [1.82, 2.24) is 4.98 Å². The third-order valence-corrected chi connectivity index (χ3v) is 10.1. The van der Waals surface area contributed by atoms with Crippen LogP contribution in [0.1, 0.15) is 0 Å². The third-order valence-electron chi connectivity index (χ3n) is 10.1. The van der Waals surface area contributed by atoms with Gasteiger partial charge in [0.15, 0.2) is 0 Å². The Bertz CT molecular complexity index is 2910. The van der Waals surface area contributed by atoms with Gasteiger partial charge >= 0.3 is 0 Å². The number of hydrogen-bond donors (Lipinski definition) is 0. The summed E-state index contributed by atoms with van der Waals surface area (Å²) < 4.78 is 6.44. The first-order valence-corrected chi connectivity index (χ1v) is 17.6. The van der Waals surface area contributed by atoms with Crippen LogP contribution in [0.5, 0.6) is 0 Å². The monoisotopic (exact) mass is 664 g/mol. The van der Waals surface area contributed by atoms with Crippen molar-refractivity contribution in [2.45, 2.75) is 0 Å². The first-order valence-electron chi connectivity index (χ1n) is 17.6. The molecule has 0 amide bonds. The summed E-state index contributed by atoms with van der Waals surface area (Å²) in [6, 6.07) is 67.3. The van der Waals surface area contributed by atoms with Crippen molar-refractivity contribution in [1.29, 1.82) is 0 Å². The first kappa shape index (κ1) is 29.9. The van der Waals surface area contributed by atoms with E-state index >= 15 is 0 Å². The Morgan fingerprint density at radius 2 is 1.02 bits per heavy atom. The molecule has 0 atom stereocenters. The van der Waals surface area contributed by atoms with Gasteiger partial charge in [0, 0.05) is 39.4 Å². The second-order valence-corrected chi connectivity index (χ2v) is 13.2. The zero-order valence-corrected chi connectivity index (χ0v) is 28.3. The first-order chi connectivity index (χ1) is 25.8. The van der Waals surface area contributed by atoms with Crippen molar-refractivity contribution < 1.29 is 4.42 Å². The summed E-state index contributed by atoms with van der Waals surface area (Å²) in [6.07, 6.45) is 1.78. The Kier molecular flexibility index (Phi) is 7.14. The number of anilines is 3. The molecule has 8 aromatic carbocycles. The number of pyridine rings is 1. The molecule has 0 unspecified atom stereocenters. The molecule has 3 nitrogen and oxygen atoms in total. The standard InChI is InChI=1S/C49H32N2O/c1-3-12-33(13-4-1)37-18-9-19-38(30-37)51(39-25-23-36-24-27-44-45-22-11-29-50-49(45)52-48(44)46(36)31-39)40-26-28-42(34-14-5-2-6-15-34)47(32-40)43-21-10-17-35-16-7-8-20-41(35)43/h1-32H. The summed E-state index contributed by atoms with van der Waals surface area (Å²) in [5, 5.41) is 6.69. The van der Waals surface area contributed by atoms with Crippen molar-refractivity contribution in [2.24, 2.45) is 0 Å². The minimum absolute atomic E-state index is 0.652. The highest BCUT2D eigenvalue weighted by Crippen LogP contribution is 2.44. The molecule has 0 fully saturated rings. The van der Waals surface area contributed by atoms with E-state index in [0.29, 0.717) is 5.71 Å². The molecule has 0 aliphatic carbocycles. The van der Waals surface area contributed by atoms with Gasteiger partial charge < -0.3 is 9.32 Å². The van der Waals surface area contributed by atoms with Gasteiger partial charge in [-0.1, -0.05) is 133 Å². The van der Waals surface area contributed by atoms with Gasteiger partial charge in [-0.05, 0) is 104 Å². The molecule has 10 aromatic rings. The maximum absolute atomic E-state index is 6.44. The highest BCUT2D eigenvalue weighted by molar-refractivity contribution is 6.15. The van der Waals surface area contributed by atoms with Crippen LogP contribution in [0.15, 0.2) is 199 Å². The van der Waals surface area contributed by atoms with E-state index in [9.17, 15) is 0 Å². The predicted molar refractivity (Wildman–Crippen MR) is 218 cm³/mol. The lowest BCUT2D eigenvalue weighted by molar-refractivity contribution is 0.657. The number of furan rings is 1. The summed E-state index contributed by atoms with van der Waals surface area (Å²) in [7, 11) is 0. The van der Waals surface area contributed by atoms with Gasteiger partial charge in [0.25, 0.3) is 0 Å². The predicted octanol–water partition coefficient (Wildman–Crippen LogP) is 13.8. The highest BCUT2D eigenvalue weighted by Gasteiger charge is 2.20.